The Hall–Kier alpha value is -0.0800. The van der Waals surface area contributed by atoms with Gasteiger partial charge in [-0.2, -0.15) is 0 Å². The van der Waals surface area contributed by atoms with Crippen molar-refractivity contribution < 1.29 is 0 Å². The van der Waals surface area contributed by atoms with Gasteiger partial charge in [0.2, 0.25) is 0 Å². The van der Waals surface area contributed by atoms with Gasteiger partial charge in [-0.1, -0.05) is 13.8 Å². The van der Waals surface area contributed by atoms with Crippen molar-refractivity contribution in [2.75, 3.05) is 26.2 Å². The van der Waals surface area contributed by atoms with Crippen molar-refractivity contribution in [3.8, 4) is 0 Å². The van der Waals surface area contributed by atoms with Crippen LogP contribution >= 0.6 is 0 Å². The minimum atomic E-state index is 0. The Kier molecular flexibility index (Phi) is 3.34. The fraction of sp³-hybridized carbons (Fsp3) is 1.00. The minimum Gasteiger partial charge on any atom is -0.314 e. The zero-order valence-corrected chi connectivity index (χ0v) is 6.47. The first-order valence-corrected chi connectivity index (χ1v) is 4.41. The van der Waals surface area contributed by atoms with Crippen LogP contribution in [-0.4, -0.2) is 37.1 Å². The molecule has 2 aliphatic rings. The molecule has 1 N–H and O–H groups in total. The topological polar surface area (TPSA) is 15.3 Å². The summed E-state index contributed by atoms with van der Waals surface area (Å²) in [6.07, 6.45) is 4.38. The van der Waals surface area contributed by atoms with Crippen LogP contribution in [0.2, 0.25) is 0 Å². The maximum Gasteiger partial charge on any atom is 0.0110 e. The molecule has 11 heavy (non-hydrogen) atoms. The average molecular weight is 156 g/mol. The van der Waals surface area contributed by atoms with Gasteiger partial charge in [0.1, 0.15) is 0 Å². The largest absolute Gasteiger partial charge is 0.314 e. The van der Waals surface area contributed by atoms with Crippen LogP contribution in [0.1, 0.15) is 26.7 Å². The third-order valence-electron chi connectivity index (χ3n) is 2.74. The van der Waals surface area contributed by atoms with Gasteiger partial charge in [-0.15, -0.1) is 0 Å². The van der Waals surface area contributed by atoms with Crippen LogP contribution in [0.15, 0.2) is 0 Å². The molecule has 0 amide bonds. The van der Waals surface area contributed by atoms with E-state index in [9.17, 15) is 0 Å². The molecule has 66 valence electrons. The molecule has 2 fully saturated rings. The van der Waals surface area contributed by atoms with E-state index < -0.39 is 0 Å². The summed E-state index contributed by atoms with van der Waals surface area (Å²) in [5.74, 6) is 0. The van der Waals surface area contributed by atoms with Crippen molar-refractivity contribution in [3.63, 3.8) is 0 Å². The molecule has 1 aliphatic heterocycles. The van der Waals surface area contributed by atoms with Crippen molar-refractivity contribution in [2.45, 2.75) is 32.7 Å². The molecule has 0 atom stereocenters. The van der Waals surface area contributed by atoms with Crippen molar-refractivity contribution in [2.24, 2.45) is 0 Å². The molecule has 2 heteroatoms. The van der Waals surface area contributed by atoms with Gasteiger partial charge in [-0.05, 0) is 12.8 Å². The zero-order valence-electron chi connectivity index (χ0n) is 6.47. The van der Waals surface area contributed by atoms with Crippen molar-refractivity contribution in [1.82, 2.24) is 10.2 Å². The van der Waals surface area contributed by atoms with Gasteiger partial charge in [0.05, 0.1) is 0 Å². The van der Waals surface area contributed by atoms with E-state index in [1.165, 1.54) is 45.4 Å². The highest BCUT2D eigenvalue weighted by atomic mass is 15.2. The second kappa shape index (κ2) is 4.07. The maximum absolute atomic E-state index is 3.38. The lowest BCUT2D eigenvalue weighted by Gasteiger charge is -2.39. The van der Waals surface area contributed by atoms with Crippen LogP contribution in [0.25, 0.3) is 0 Å². The van der Waals surface area contributed by atoms with Gasteiger partial charge < -0.3 is 5.32 Å². The molecule has 0 radical (unpaired) electrons. The van der Waals surface area contributed by atoms with E-state index in [1.54, 1.807) is 0 Å². The summed E-state index contributed by atoms with van der Waals surface area (Å²) >= 11 is 0. The molecule has 2 nitrogen and oxygen atoms in total. The lowest BCUT2D eigenvalue weighted by molar-refractivity contribution is 0.112. The van der Waals surface area contributed by atoms with Crippen molar-refractivity contribution in [1.29, 1.82) is 0 Å². The Bertz CT molecular complexity index is 104. The highest BCUT2D eigenvalue weighted by Crippen LogP contribution is 2.24. The van der Waals surface area contributed by atoms with E-state index in [-0.39, 0.29) is 7.43 Å². The van der Waals surface area contributed by atoms with Gasteiger partial charge in [0.25, 0.3) is 0 Å². The van der Waals surface area contributed by atoms with E-state index in [2.05, 4.69) is 10.2 Å². The van der Waals surface area contributed by atoms with Gasteiger partial charge in [-0.25, -0.2) is 0 Å². The number of nitrogens with one attached hydrogen (secondary N) is 1. The first-order chi connectivity index (χ1) is 4.97. The Morgan fingerprint density at radius 3 is 2.18 bits per heavy atom. The second-order valence-electron chi connectivity index (χ2n) is 3.37. The Labute approximate surface area is 70.0 Å². The molecule has 1 heterocycles. The fourth-order valence-corrected chi connectivity index (χ4v) is 1.80. The number of nitrogens with zero attached hydrogens (tertiary/aromatic N) is 1. The maximum atomic E-state index is 3.38. The monoisotopic (exact) mass is 156 g/mol. The van der Waals surface area contributed by atoms with E-state index in [0.29, 0.717) is 0 Å². The quantitative estimate of drug-likeness (QED) is 0.611. The number of hydrogen-bond donors (Lipinski definition) is 1. The van der Waals surface area contributed by atoms with Crippen LogP contribution in [0.5, 0.6) is 0 Å². The summed E-state index contributed by atoms with van der Waals surface area (Å²) in [6.45, 7) is 4.97. The lowest BCUT2D eigenvalue weighted by Crippen LogP contribution is -2.50. The summed E-state index contributed by atoms with van der Waals surface area (Å²) < 4.78 is 0. The number of hydrogen-bond acceptors (Lipinski definition) is 2. The first kappa shape index (κ1) is 9.01. The van der Waals surface area contributed by atoms with Crippen LogP contribution in [0.4, 0.5) is 0 Å². The first-order valence-electron chi connectivity index (χ1n) is 4.41. The second-order valence-corrected chi connectivity index (χ2v) is 3.37. The Balaban J connectivity index is 0.000000605. The molecule has 0 aromatic carbocycles. The van der Waals surface area contributed by atoms with E-state index in [4.69, 9.17) is 0 Å². The lowest BCUT2D eigenvalue weighted by atomic mass is 9.91. The molecule has 1 aliphatic carbocycles. The zero-order chi connectivity index (χ0) is 6.81. The molecule has 0 aromatic rings. The van der Waals surface area contributed by atoms with E-state index in [0.717, 1.165) is 6.04 Å². The normalized spacial score (nSPS) is 27.3. The molecule has 1 saturated carbocycles. The summed E-state index contributed by atoms with van der Waals surface area (Å²) in [6, 6.07) is 0.960. The molecule has 0 aromatic heterocycles. The molecular formula is C9H20N2. The summed E-state index contributed by atoms with van der Waals surface area (Å²) in [5.41, 5.74) is 0. The predicted molar refractivity (Wildman–Crippen MR) is 48.8 cm³/mol. The van der Waals surface area contributed by atoms with Crippen LogP contribution in [0.3, 0.4) is 0 Å². The fourth-order valence-electron chi connectivity index (χ4n) is 1.80. The predicted octanol–water partition coefficient (Wildman–Crippen LogP) is 1.08. The smallest absolute Gasteiger partial charge is 0.0110 e. The molecule has 1 saturated heterocycles. The van der Waals surface area contributed by atoms with Gasteiger partial charge in [-0.3, -0.25) is 4.90 Å². The average Bonchev–Trinajstić information content (AvgIpc) is 1.86. The highest BCUT2D eigenvalue weighted by Gasteiger charge is 2.25. The summed E-state index contributed by atoms with van der Waals surface area (Å²) in [4.78, 5) is 2.64. The Morgan fingerprint density at radius 1 is 1.09 bits per heavy atom. The molecule has 0 bridgehead atoms. The summed E-state index contributed by atoms with van der Waals surface area (Å²) in [5, 5.41) is 3.38. The van der Waals surface area contributed by atoms with Gasteiger partial charge in [0.15, 0.2) is 0 Å². The van der Waals surface area contributed by atoms with Crippen LogP contribution in [0, 0.1) is 0 Å². The third-order valence-corrected chi connectivity index (χ3v) is 2.74. The van der Waals surface area contributed by atoms with E-state index >= 15 is 0 Å². The third kappa shape index (κ3) is 1.94. The number of piperazine rings is 1. The van der Waals surface area contributed by atoms with Crippen molar-refractivity contribution >= 4 is 0 Å². The van der Waals surface area contributed by atoms with Crippen LogP contribution in [-0.2, 0) is 0 Å². The Morgan fingerprint density at radius 2 is 1.73 bits per heavy atom. The SMILES string of the molecule is C.C1CC(N2CCNCC2)C1. The van der Waals surface area contributed by atoms with Gasteiger partial charge >= 0.3 is 0 Å². The van der Waals surface area contributed by atoms with Crippen LogP contribution < -0.4 is 5.32 Å². The van der Waals surface area contributed by atoms with Gasteiger partial charge in [0, 0.05) is 32.2 Å². The molecule has 2 rings (SSSR count). The summed E-state index contributed by atoms with van der Waals surface area (Å²) in [7, 11) is 0. The highest BCUT2D eigenvalue weighted by molar-refractivity contribution is 4.82. The van der Waals surface area contributed by atoms with E-state index in [1.807, 2.05) is 0 Å². The van der Waals surface area contributed by atoms with Crippen molar-refractivity contribution in [3.05, 3.63) is 0 Å². The molecular weight excluding hydrogens is 136 g/mol. The molecule has 0 spiro atoms. The standard InChI is InChI=1S/C8H16N2.CH4/c1-2-8(3-1)10-6-4-9-5-7-10;/h8-9H,1-7H2;1H4. The minimum absolute atomic E-state index is 0. The molecule has 0 unspecified atom stereocenters. The number of rotatable bonds is 1.